The number of amides is 1. The fraction of sp³-hybridized carbons (Fsp3) is 0.500. The fourth-order valence-corrected chi connectivity index (χ4v) is 2.65. The zero-order chi connectivity index (χ0) is 14.8. The normalized spacial score (nSPS) is 23.7. The van der Waals surface area contributed by atoms with Gasteiger partial charge >= 0.3 is 6.18 Å². The molecule has 2 rings (SSSR count). The van der Waals surface area contributed by atoms with Crippen molar-refractivity contribution >= 4 is 5.91 Å². The van der Waals surface area contributed by atoms with Crippen molar-refractivity contribution in [3.63, 3.8) is 0 Å². The maximum atomic E-state index is 12.5. The molecule has 3 nitrogen and oxygen atoms in total. The average Bonchev–Trinajstić information content (AvgIpc) is 2.36. The number of nitrogens with two attached hydrogens (primary N) is 1. The molecule has 1 saturated heterocycles. The Hall–Kier alpha value is -1.56. The number of nitrogens with zero attached hydrogens (tertiary/aromatic N) is 1. The van der Waals surface area contributed by atoms with Crippen molar-refractivity contribution in [2.75, 3.05) is 13.1 Å². The molecule has 0 aromatic heterocycles. The first-order chi connectivity index (χ1) is 9.35. The highest BCUT2D eigenvalue weighted by molar-refractivity contribution is 5.94. The van der Waals surface area contributed by atoms with Crippen LogP contribution >= 0.6 is 0 Å². The number of alkyl halides is 3. The zero-order valence-electron chi connectivity index (χ0n) is 10.9. The first kappa shape index (κ1) is 14.8. The summed E-state index contributed by atoms with van der Waals surface area (Å²) in [5.74, 6) is -0.876. The SMILES string of the molecule is NC1CC(CC(F)(F)F)CN(C(=O)c2ccccc2)C1. The summed E-state index contributed by atoms with van der Waals surface area (Å²) in [4.78, 5) is 13.7. The molecule has 0 bridgehead atoms. The Bertz CT molecular complexity index is 461. The minimum Gasteiger partial charge on any atom is -0.337 e. The third-order valence-electron chi connectivity index (χ3n) is 3.40. The van der Waals surface area contributed by atoms with E-state index >= 15 is 0 Å². The summed E-state index contributed by atoms with van der Waals surface area (Å²) in [5, 5.41) is 0. The van der Waals surface area contributed by atoms with E-state index in [1.807, 2.05) is 0 Å². The van der Waals surface area contributed by atoms with Gasteiger partial charge < -0.3 is 10.6 Å². The van der Waals surface area contributed by atoms with Crippen LogP contribution in [-0.4, -0.2) is 36.1 Å². The highest BCUT2D eigenvalue weighted by Crippen LogP contribution is 2.30. The number of carbonyl (C=O) groups excluding carboxylic acids is 1. The van der Waals surface area contributed by atoms with Crippen molar-refractivity contribution in [2.45, 2.75) is 25.1 Å². The van der Waals surface area contributed by atoms with Crippen LogP contribution < -0.4 is 5.73 Å². The van der Waals surface area contributed by atoms with Crippen LogP contribution in [0.15, 0.2) is 30.3 Å². The van der Waals surface area contributed by atoms with E-state index in [0.717, 1.165) is 0 Å². The Labute approximate surface area is 115 Å². The predicted octanol–water partition coefficient (Wildman–Crippen LogP) is 2.43. The van der Waals surface area contributed by atoms with Crippen molar-refractivity contribution in [1.82, 2.24) is 4.90 Å². The van der Waals surface area contributed by atoms with Crippen LogP contribution in [0.2, 0.25) is 0 Å². The lowest BCUT2D eigenvalue weighted by atomic mass is 9.91. The molecule has 6 heteroatoms. The number of rotatable bonds is 2. The van der Waals surface area contributed by atoms with Crippen molar-refractivity contribution < 1.29 is 18.0 Å². The molecule has 1 aliphatic rings. The van der Waals surface area contributed by atoms with E-state index in [4.69, 9.17) is 5.73 Å². The Morgan fingerprint density at radius 2 is 1.90 bits per heavy atom. The number of halogens is 3. The third kappa shape index (κ3) is 3.96. The third-order valence-corrected chi connectivity index (χ3v) is 3.40. The maximum Gasteiger partial charge on any atom is 0.389 e. The molecular formula is C14H17F3N2O. The van der Waals surface area contributed by atoms with Crippen LogP contribution in [0.1, 0.15) is 23.2 Å². The fourth-order valence-electron chi connectivity index (χ4n) is 2.65. The molecule has 20 heavy (non-hydrogen) atoms. The average molecular weight is 286 g/mol. The van der Waals surface area contributed by atoms with Crippen molar-refractivity contribution in [1.29, 1.82) is 0 Å². The largest absolute Gasteiger partial charge is 0.389 e. The molecule has 1 aromatic carbocycles. The Morgan fingerprint density at radius 3 is 2.50 bits per heavy atom. The summed E-state index contributed by atoms with van der Waals surface area (Å²) < 4.78 is 37.4. The van der Waals surface area contributed by atoms with Gasteiger partial charge in [-0.2, -0.15) is 13.2 Å². The second-order valence-electron chi connectivity index (χ2n) is 5.26. The lowest BCUT2D eigenvalue weighted by molar-refractivity contribution is -0.147. The van der Waals surface area contributed by atoms with Gasteiger partial charge in [-0.05, 0) is 24.5 Å². The maximum absolute atomic E-state index is 12.5. The Kier molecular flexibility index (Phi) is 4.32. The van der Waals surface area contributed by atoms with Gasteiger partial charge in [-0.25, -0.2) is 0 Å². The molecule has 0 spiro atoms. The van der Waals surface area contributed by atoms with E-state index in [-0.39, 0.29) is 12.5 Å². The molecule has 1 aromatic rings. The molecular weight excluding hydrogens is 269 g/mol. The van der Waals surface area contributed by atoms with Gasteiger partial charge in [0.25, 0.3) is 5.91 Å². The lowest BCUT2D eigenvalue weighted by Crippen LogP contribution is -2.50. The summed E-state index contributed by atoms with van der Waals surface area (Å²) in [7, 11) is 0. The standard InChI is InChI=1S/C14H17F3N2O/c15-14(16,17)7-10-6-12(18)9-19(8-10)13(20)11-4-2-1-3-5-11/h1-5,10,12H,6-9,18H2. The Morgan fingerprint density at radius 1 is 1.25 bits per heavy atom. The number of hydrogen-bond acceptors (Lipinski definition) is 2. The van der Waals surface area contributed by atoms with E-state index in [1.165, 1.54) is 4.90 Å². The summed E-state index contributed by atoms with van der Waals surface area (Å²) >= 11 is 0. The van der Waals surface area contributed by atoms with Gasteiger partial charge in [0.05, 0.1) is 0 Å². The lowest BCUT2D eigenvalue weighted by Gasteiger charge is -2.36. The molecule has 1 fully saturated rings. The van der Waals surface area contributed by atoms with Gasteiger partial charge in [0, 0.05) is 31.1 Å². The van der Waals surface area contributed by atoms with Gasteiger partial charge in [0.15, 0.2) is 0 Å². The Balaban J connectivity index is 2.06. The number of carbonyl (C=O) groups is 1. The van der Waals surface area contributed by atoms with E-state index in [2.05, 4.69) is 0 Å². The van der Waals surface area contributed by atoms with Crippen molar-refractivity contribution in [2.24, 2.45) is 11.7 Å². The van der Waals surface area contributed by atoms with Crippen LogP contribution in [0.4, 0.5) is 13.2 Å². The van der Waals surface area contributed by atoms with Gasteiger partial charge in [0.2, 0.25) is 0 Å². The summed E-state index contributed by atoms with van der Waals surface area (Å²) in [5.41, 5.74) is 6.27. The number of piperidine rings is 1. The summed E-state index contributed by atoms with van der Waals surface area (Å²) in [6.07, 6.45) is -4.81. The molecule has 1 amide bonds. The molecule has 1 heterocycles. The molecule has 110 valence electrons. The van der Waals surface area contributed by atoms with Gasteiger partial charge in [0.1, 0.15) is 0 Å². The van der Waals surface area contributed by atoms with Crippen LogP contribution in [0.3, 0.4) is 0 Å². The molecule has 0 saturated carbocycles. The van der Waals surface area contributed by atoms with Gasteiger partial charge in [-0.3, -0.25) is 4.79 Å². The van der Waals surface area contributed by atoms with Crippen LogP contribution in [0, 0.1) is 5.92 Å². The molecule has 0 aliphatic carbocycles. The summed E-state index contributed by atoms with van der Waals surface area (Å²) in [6, 6.07) is 8.14. The van der Waals surface area contributed by atoms with Crippen LogP contribution in [0.5, 0.6) is 0 Å². The van der Waals surface area contributed by atoms with Crippen molar-refractivity contribution in [3.05, 3.63) is 35.9 Å². The molecule has 2 atom stereocenters. The topological polar surface area (TPSA) is 46.3 Å². The monoisotopic (exact) mass is 286 g/mol. The molecule has 2 N–H and O–H groups in total. The smallest absolute Gasteiger partial charge is 0.337 e. The first-order valence-corrected chi connectivity index (χ1v) is 6.52. The minimum absolute atomic E-state index is 0.112. The van der Waals surface area contributed by atoms with E-state index < -0.39 is 24.6 Å². The van der Waals surface area contributed by atoms with Crippen LogP contribution in [-0.2, 0) is 0 Å². The zero-order valence-corrected chi connectivity index (χ0v) is 10.9. The number of likely N-dealkylation sites (tertiary alicyclic amines) is 1. The predicted molar refractivity (Wildman–Crippen MR) is 69.1 cm³/mol. The molecule has 1 aliphatic heterocycles. The second kappa shape index (κ2) is 5.83. The van der Waals surface area contributed by atoms with Gasteiger partial charge in [-0.1, -0.05) is 18.2 Å². The number of hydrogen-bond donors (Lipinski definition) is 1. The first-order valence-electron chi connectivity index (χ1n) is 6.52. The summed E-state index contributed by atoms with van der Waals surface area (Å²) in [6.45, 7) is 0.420. The van der Waals surface area contributed by atoms with Crippen LogP contribution in [0.25, 0.3) is 0 Å². The molecule has 0 radical (unpaired) electrons. The highest BCUT2D eigenvalue weighted by Gasteiger charge is 2.37. The molecule has 2 unspecified atom stereocenters. The number of benzene rings is 1. The van der Waals surface area contributed by atoms with E-state index in [1.54, 1.807) is 30.3 Å². The quantitative estimate of drug-likeness (QED) is 0.907. The van der Waals surface area contributed by atoms with Gasteiger partial charge in [-0.15, -0.1) is 0 Å². The van der Waals surface area contributed by atoms with E-state index in [9.17, 15) is 18.0 Å². The van der Waals surface area contributed by atoms with E-state index in [0.29, 0.717) is 18.5 Å². The van der Waals surface area contributed by atoms with Crippen molar-refractivity contribution in [3.8, 4) is 0 Å². The highest BCUT2D eigenvalue weighted by atomic mass is 19.4. The second-order valence-corrected chi connectivity index (χ2v) is 5.26. The minimum atomic E-state index is -4.22.